The van der Waals surface area contributed by atoms with E-state index in [2.05, 4.69) is 87.8 Å². The zero-order valence-electron chi connectivity index (χ0n) is 25.6. The number of aromatic nitrogens is 2. The Balaban J connectivity index is 0.000000169. The molecule has 0 N–H and O–H groups in total. The molecule has 0 bridgehead atoms. The Labute approximate surface area is 259 Å². The van der Waals surface area contributed by atoms with Crippen LogP contribution in [-0.2, 0) is 0 Å². The van der Waals surface area contributed by atoms with E-state index < -0.39 is 0 Å². The van der Waals surface area contributed by atoms with Crippen molar-refractivity contribution in [2.75, 3.05) is 46.4 Å². The summed E-state index contributed by atoms with van der Waals surface area (Å²) in [5.74, 6) is 3.16. The van der Waals surface area contributed by atoms with E-state index >= 15 is 0 Å². The predicted octanol–water partition coefficient (Wildman–Crippen LogP) is 7.76. The van der Waals surface area contributed by atoms with Crippen molar-refractivity contribution in [1.29, 1.82) is 0 Å². The fraction of sp³-hybridized carbons (Fsp3) is 0.486. The van der Waals surface area contributed by atoms with Gasteiger partial charge in [-0.3, -0.25) is 9.97 Å². The van der Waals surface area contributed by atoms with Gasteiger partial charge < -0.3 is 19.3 Å². The molecule has 2 atom stereocenters. The van der Waals surface area contributed by atoms with Crippen molar-refractivity contribution in [1.82, 2.24) is 19.8 Å². The van der Waals surface area contributed by atoms with Crippen LogP contribution in [0.5, 0.6) is 11.5 Å². The number of hydrogen-bond acceptors (Lipinski definition) is 6. The lowest BCUT2D eigenvalue weighted by atomic mass is 9.98. The third-order valence-electron chi connectivity index (χ3n) is 8.47. The van der Waals surface area contributed by atoms with Gasteiger partial charge in [0.2, 0.25) is 0 Å². The first-order valence-electron chi connectivity index (χ1n) is 15.4. The van der Waals surface area contributed by atoms with Crippen LogP contribution in [0.4, 0.5) is 0 Å². The van der Waals surface area contributed by atoms with Crippen molar-refractivity contribution in [2.24, 2.45) is 11.8 Å². The molecule has 4 heterocycles. The topological polar surface area (TPSA) is 50.7 Å². The van der Waals surface area contributed by atoms with Gasteiger partial charge in [0.05, 0.1) is 24.2 Å². The molecule has 0 saturated carbocycles. The van der Waals surface area contributed by atoms with E-state index in [9.17, 15) is 0 Å². The molecule has 2 aromatic heterocycles. The molecule has 224 valence electrons. The fourth-order valence-electron chi connectivity index (χ4n) is 6.11. The largest absolute Gasteiger partial charge is 0.492 e. The molecule has 2 aromatic carbocycles. The summed E-state index contributed by atoms with van der Waals surface area (Å²) in [6, 6.07) is 17.0. The Morgan fingerprint density at radius 1 is 0.810 bits per heavy atom. The first-order chi connectivity index (χ1) is 20.4. The SMILES string of the molecule is CC(C)N1CCC[C@@H](COc2ccnc3ccc(Br)cc23)C1.Cc1ccc2nccc(OC[C@@H]3CCCN(C)C3)c2c1. The van der Waals surface area contributed by atoms with E-state index in [-0.39, 0.29) is 0 Å². The highest BCUT2D eigenvalue weighted by Crippen LogP contribution is 2.29. The molecule has 0 unspecified atom stereocenters. The molecule has 6 nitrogen and oxygen atoms in total. The smallest absolute Gasteiger partial charge is 0.130 e. The Bertz CT molecular complexity index is 1460. The number of ether oxygens (including phenoxy) is 2. The molecule has 2 aliphatic rings. The number of fused-ring (bicyclic) bond motifs is 2. The van der Waals surface area contributed by atoms with E-state index in [1.807, 2.05) is 36.7 Å². The number of piperidine rings is 2. The van der Waals surface area contributed by atoms with Crippen molar-refractivity contribution in [3.8, 4) is 11.5 Å². The summed E-state index contributed by atoms with van der Waals surface area (Å²) in [6.45, 7) is 13.0. The summed E-state index contributed by atoms with van der Waals surface area (Å²) in [6.07, 6.45) is 8.74. The number of likely N-dealkylation sites (tertiary alicyclic amines) is 2. The minimum atomic E-state index is 0.617. The summed E-state index contributed by atoms with van der Waals surface area (Å²) >= 11 is 3.53. The van der Waals surface area contributed by atoms with Gasteiger partial charge in [-0.2, -0.15) is 0 Å². The van der Waals surface area contributed by atoms with Gasteiger partial charge in [-0.05, 0) is 109 Å². The number of halogens is 1. The van der Waals surface area contributed by atoms with E-state index in [1.165, 1.54) is 44.3 Å². The maximum Gasteiger partial charge on any atom is 0.130 e. The number of hydrogen-bond donors (Lipinski definition) is 0. The average molecular weight is 634 g/mol. The normalized spacial score (nSPS) is 20.0. The van der Waals surface area contributed by atoms with Gasteiger partial charge in [-0.1, -0.05) is 27.6 Å². The Hall–Kier alpha value is -2.74. The quantitative estimate of drug-likeness (QED) is 0.207. The van der Waals surface area contributed by atoms with E-state index in [0.29, 0.717) is 17.9 Å². The highest BCUT2D eigenvalue weighted by atomic mass is 79.9. The van der Waals surface area contributed by atoms with Gasteiger partial charge in [0.25, 0.3) is 0 Å². The maximum atomic E-state index is 6.15. The van der Waals surface area contributed by atoms with Crippen molar-refractivity contribution in [3.05, 3.63) is 71.0 Å². The molecule has 2 saturated heterocycles. The molecular weight excluding hydrogens is 588 g/mol. The van der Waals surface area contributed by atoms with Gasteiger partial charge in [0.1, 0.15) is 11.5 Å². The molecule has 0 amide bonds. The zero-order valence-corrected chi connectivity index (χ0v) is 27.1. The lowest BCUT2D eigenvalue weighted by Gasteiger charge is -2.35. The third-order valence-corrected chi connectivity index (χ3v) is 8.97. The van der Waals surface area contributed by atoms with Gasteiger partial charge in [0, 0.05) is 58.6 Å². The molecular formula is C35H45BrN4O2. The van der Waals surface area contributed by atoms with E-state index in [1.54, 1.807) is 0 Å². The highest BCUT2D eigenvalue weighted by molar-refractivity contribution is 9.10. The summed E-state index contributed by atoms with van der Waals surface area (Å²) in [5, 5.41) is 2.20. The molecule has 7 heteroatoms. The average Bonchev–Trinajstić information content (AvgIpc) is 2.99. The van der Waals surface area contributed by atoms with Crippen LogP contribution in [0.2, 0.25) is 0 Å². The first kappa shape index (κ1) is 30.7. The van der Waals surface area contributed by atoms with E-state index in [0.717, 1.165) is 64.1 Å². The van der Waals surface area contributed by atoms with Crippen molar-refractivity contribution >= 4 is 37.7 Å². The molecule has 0 spiro atoms. The molecule has 0 aliphatic carbocycles. The number of pyridine rings is 2. The molecule has 2 fully saturated rings. The van der Waals surface area contributed by atoms with Crippen LogP contribution in [0.15, 0.2) is 65.4 Å². The molecule has 42 heavy (non-hydrogen) atoms. The fourth-order valence-corrected chi connectivity index (χ4v) is 6.47. The number of rotatable bonds is 7. The van der Waals surface area contributed by atoms with Crippen LogP contribution < -0.4 is 9.47 Å². The molecule has 6 rings (SSSR count). The minimum Gasteiger partial charge on any atom is -0.492 e. The highest BCUT2D eigenvalue weighted by Gasteiger charge is 2.22. The van der Waals surface area contributed by atoms with Crippen LogP contribution in [0.3, 0.4) is 0 Å². The summed E-state index contributed by atoms with van der Waals surface area (Å²) in [4.78, 5) is 13.8. The second-order valence-corrected chi connectivity index (χ2v) is 13.2. The zero-order chi connectivity index (χ0) is 29.5. The summed E-state index contributed by atoms with van der Waals surface area (Å²) in [7, 11) is 2.19. The Morgan fingerprint density at radius 2 is 1.40 bits per heavy atom. The summed E-state index contributed by atoms with van der Waals surface area (Å²) < 4.78 is 13.3. The van der Waals surface area contributed by atoms with E-state index in [4.69, 9.17) is 9.47 Å². The third kappa shape index (κ3) is 8.21. The number of benzene rings is 2. The second-order valence-electron chi connectivity index (χ2n) is 12.3. The van der Waals surface area contributed by atoms with Gasteiger partial charge in [-0.25, -0.2) is 0 Å². The Morgan fingerprint density at radius 3 is 2.05 bits per heavy atom. The lowest BCUT2D eigenvalue weighted by molar-refractivity contribution is 0.107. The maximum absolute atomic E-state index is 6.15. The molecule has 2 aliphatic heterocycles. The van der Waals surface area contributed by atoms with Gasteiger partial charge in [-0.15, -0.1) is 0 Å². The number of nitrogens with zero attached hydrogens (tertiary/aromatic N) is 4. The summed E-state index contributed by atoms with van der Waals surface area (Å²) in [5.41, 5.74) is 3.23. The lowest BCUT2D eigenvalue weighted by Crippen LogP contribution is -2.41. The minimum absolute atomic E-state index is 0.617. The number of aryl methyl sites for hydroxylation is 1. The van der Waals surface area contributed by atoms with Crippen LogP contribution in [0.25, 0.3) is 21.8 Å². The standard InChI is InChI=1S/C18H23BrN2O.C17H22N2O/c1-13(2)21-9-3-4-14(11-21)12-22-18-7-8-20-17-6-5-15(19)10-16(17)18;1-13-5-6-16-15(10-13)17(7-8-18-16)20-12-14-4-3-9-19(2)11-14/h5-8,10,13-14H,3-4,9,11-12H2,1-2H3;5-8,10,14H,3-4,9,11-12H2,1-2H3/t2*14-/m11/s1. The van der Waals surface area contributed by atoms with Crippen molar-refractivity contribution < 1.29 is 9.47 Å². The van der Waals surface area contributed by atoms with Gasteiger partial charge >= 0.3 is 0 Å². The van der Waals surface area contributed by atoms with Crippen LogP contribution >= 0.6 is 15.9 Å². The molecule has 4 aromatic rings. The second kappa shape index (κ2) is 14.6. The van der Waals surface area contributed by atoms with Crippen LogP contribution in [-0.4, -0.2) is 72.3 Å². The van der Waals surface area contributed by atoms with Gasteiger partial charge in [0.15, 0.2) is 0 Å². The first-order valence-corrected chi connectivity index (χ1v) is 16.2. The van der Waals surface area contributed by atoms with Crippen LogP contribution in [0, 0.1) is 18.8 Å². The molecule has 0 radical (unpaired) electrons. The Kier molecular flexibility index (Phi) is 10.7. The van der Waals surface area contributed by atoms with Crippen LogP contribution in [0.1, 0.15) is 45.1 Å². The van der Waals surface area contributed by atoms with Crippen molar-refractivity contribution in [2.45, 2.75) is 52.5 Å². The van der Waals surface area contributed by atoms with Crippen molar-refractivity contribution in [3.63, 3.8) is 0 Å². The monoisotopic (exact) mass is 632 g/mol. The predicted molar refractivity (Wildman–Crippen MR) is 177 cm³/mol.